The van der Waals surface area contributed by atoms with Crippen molar-refractivity contribution in [1.82, 2.24) is 10.9 Å². The molecule has 0 unspecified atom stereocenters. The lowest BCUT2D eigenvalue weighted by Gasteiger charge is -2.17. The minimum absolute atomic E-state index is 0.261. The summed E-state index contributed by atoms with van der Waals surface area (Å²) in [5.74, 6) is -0.779. The van der Waals surface area contributed by atoms with E-state index in [1.807, 2.05) is 0 Å². The molecule has 2 amide bonds. The van der Waals surface area contributed by atoms with Crippen molar-refractivity contribution in [2.24, 2.45) is 5.41 Å². The normalized spacial score (nSPS) is 10.6. The van der Waals surface area contributed by atoms with Crippen LogP contribution >= 0.6 is 0 Å². The van der Waals surface area contributed by atoms with E-state index < -0.39 is 17.3 Å². The smallest absolute Gasteiger partial charge is 0.338 e. The Balaban J connectivity index is 2.41. The van der Waals surface area contributed by atoms with E-state index in [2.05, 4.69) is 10.9 Å². The van der Waals surface area contributed by atoms with Crippen molar-refractivity contribution in [3.63, 3.8) is 0 Å². The molecule has 1 aromatic rings. The van der Waals surface area contributed by atoms with Crippen molar-refractivity contribution in [3.8, 4) is 5.75 Å². The van der Waals surface area contributed by atoms with Gasteiger partial charge in [0.15, 0.2) is 6.61 Å². The maximum absolute atomic E-state index is 11.6. The van der Waals surface area contributed by atoms with Crippen LogP contribution in [0.25, 0.3) is 0 Å². The largest absolute Gasteiger partial charge is 0.484 e. The Morgan fingerprint density at radius 3 is 2.17 bits per heavy atom. The molecule has 0 radical (unpaired) electrons. The van der Waals surface area contributed by atoms with Crippen LogP contribution < -0.4 is 15.6 Å². The van der Waals surface area contributed by atoms with Gasteiger partial charge in [0, 0.05) is 5.41 Å². The third-order valence-electron chi connectivity index (χ3n) is 2.73. The quantitative estimate of drug-likeness (QED) is 0.632. The van der Waals surface area contributed by atoms with Gasteiger partial charge in [-0.3, -0.25) is 20.4 Å². The molecule has 0 aliphatic heterocycles. The molecule has 1 aromatic carbocycles. The van der Waals surface area contributed by atoms with E-state index in [-0.39, 0.29) is 12.5 Å². The van der Waals surface area contributed by atoms with E-state index >= 15 is 0 Å². The van der Waals surface area contributed by atoms with Gasteiger partial charge in [0.05, 0.1) is 12.2 Å². The molecule has 2 N–H and O–H groups in total. The Morgan fingerprint density at radius 2 is 1.65 bits per heavy atom. The lowest BCUT2D eigenvalue weighted by molar-refractivity contribution is -0.134. The molecule has 0 aliphatic carbocycles. The number of carbonyl (C=O) groups is 3. The number of rotatable bonds is 5. The average Bonchev–Trinajstić information content (AvgIpc) is 2.50. The van der Waals surface area contributed by atoms with Crippen LogP contribution in [0, 0.1) is 5.41 Å². The van der Waals surface area contributed by atoms with E-state index in [1.54, 1.807) is 52.0 Å². The van der Waals surface area contributed by atoms with Crippen LogP contribution in [0.15, 0.2) is 24.3 Å². The highest BCUT2D eigenvalue weighted by Crippen LogP contribution is 2.13. The standard InChI is InChI=1S/C16H22N2O5/c1-5-22-14(20)11-6-8-12(9-7-11)23-10-13(19)17-18-15(21)16(2,3)4/h6-9H,5,10H2,1-4H3,(H,17,19)(H,18,21). The van der Waals surface area contributed by atoms with Crippen molar-refractivity contribution in [1.29, 1.82) is 0 Å². The van der Waals surface area contributed by atoms with Gasteiger partial charge in [0.2, 0.25) is 5.91 Å². The van der Waals surface area contributed by atoms with E-state index in [1.165, 1.54) is 0 Å². The molecule has 1 rings (SSSR count). The molecule has 0 bridgehead atoms. The Bertz CT molecular complexity index is 561. The van der Waals surface area contributed by atoms with Crippen molar-refractivity contribution >= 4 is 17.8 Å². The van der Waals surface area contributed by atoms with Crippen molar-refractivity contribution in [2.45, 2.75) is 27.7 Å². The summed E-state index contributed by atoms with van der Waals surface area (Å²) in [7, 11) is 0. The van der Waals surface area contributed by atoms with Gasteiger partial charge in [-0.15, -0.1) is 0 Å². The number of ether oxygens (including phenoxy) is 2. The molecule has 0 heterocycles. The third-order valence-corrected chi connectivity index (χ3v) is 2.73. The van der Waals surface area contributed by atoms with Gasteiger partial charge in [-0.25, -0.2) is 4.79 Å². The molecular formula is C16H22N2O5. The van der Waals surface area contributed by atoms with Crippen LogP contribution in [0.2, 0.25) is 0 Å². The lowest BCUT2D eigenvalue weighted by Crippen LogP contribution is -2.48. The first-order chi connectivity index (χ1) is 10.7. The highest BCUT2D eigenvalue weighted by Gasteiger charge is 2.21. The maximum atomic E-state index is 11.6. The second kappa shape index (κ2) is 8.17. The average molecular weight is 322 g/mol. The summed E-state index contributed by atoms with van der Waals surface area (Å²) in [6, 6.07) is 6.22. The van der Waals surface area contributed by atoms with Gasteiger partial charge in [-0.05, 0) is 31.2 Å². The van der Waals surface area contributed by atoms with Crippen LogP contribution in [0.1, 0.15) is 38.1 Å². The van der Waals surface area contributed by atoms with Gasteiger partial charge in [0.1, 0.15) is 5.75 Å². The van der Waals surface area contributed by atoms with Crippen molar-refractivity contribution < 1.29 is 23.9 Å². The van der Waals surface area contributed by atoms with E-state index in [4.69, 9.17) is 9.47 Å². The third kappa shape index (κ3) is 6.37. The summed E-state index contributed by atoms with van der Waals surface area (Å²) in [5.41, 5.74) is 4.39. The van der Waals surface area contributed by atoms with Crippen molar-refractivity contribution in [2.75, 3.05) is 13.2 Å². The zero-order valence-electron chi connectivity index (χ0n) is 13.8. The van der Waals surface area contributed by atoms with Gasteiger partial charge in [0.25, 0.3) is 5.91 Å². The predicted octanol–water partition coefficient (Wildman–Crippen LogP) is 1.44. The molecule has 23 heavy (non-hydrogen) atoms. The summed E-state index contributed by atoms with van der Waals surface area (Å²) < 4.78 is 10.1. The number of hydrazine groups is 1. The van der Waals surface area contributed by atoms with Gasteiger partial charge in [-0.1, -0.05) is 20.8 Å². The van der Waals surface area contributed by atoms with E-state index in [0.29, 0.717) is 17.9 Å². The number of hydrogen-bond donors (Lipinski definition) is 2. The minimum Gasteiger partial charge on any atom is -0.484 e. The molecular weight excluding hydrogens is 300 g/mol. The minimum atomic E-state index is -0.600. The maximum Gasteiger partial charge on any atom is 0.338 e. The van der Waals surface area contributed by atoms with Crippen LogP contribution in [0.5, 0.6) is 5.75 Å². The van der Waals surface area contributed by atoms with Crippen LogP contribution in [-0.2, 0) is 14.3 Å². The van der Waals surface area contributed by atoms with Crippen LogP contribution in [-0.4, -0.2) is 31.0 Å². The van der Waals surface area contributed by atoms with Crippen LogP contribution in [0.4, 0.5) is 0 Å². The fourth-order valence-corrected chi connectivity index (χ4v) is 1.40. The molecule has 0 spiro atoms. The summed E-state index contributed by atoms with van der Waals surface area (Å²) in [4.78, 5) is 34.7. The highest BCUT2D eigenvalue weighted by molar-refractivity contribution is 5.89. The Kier molecular flexibility index (Phi) is 6.56. The van der Waals surface area contributed by atoms with E-state index in [9.17, 15) is 14.4 Å². The fraction of sp³-hybridized carbons (Fsp3) is 0.438. The summed E-state index contributed by atoms with van der Waals surface area (Å²) in [5, 5.41) is 0. The van der Waals surface area contributed by atoms with Gasteiger partial charge in [-0.2, -0.15) is 0 Å². The lowest BCUT2D eigenvalue weighted by atomic mass is 9.96. The second-order valence-corrected chi connectivity index (χ2v) is 5.79. The number of amides is 2. The Morgan fingerprint density at radius 1 is 1.04 bits per heavy atom. The first-order valence-corrected chi connectivity index (χ1v) is 7.23. The first kappa shape index (κ1) is 18.5. The SMILES string of the molecule is CCOC(=O)c1ccc(OCC(=O)NNC(=O)C(C)(C)C)cc1. The van der Waals surface area contributed by atoms with Gasteiger partial charge >= 0.3 is 5.97 Å². The molecule has 0 aliphatic rings. The molecule has 0 saturated carbocycles. The predicted molar refractivity (Wildman–Crippen MR) is 83.6 cm³/mol. The highest BCUT2D eigenvalue weighted by atomic mass is 16.5. The topological polar surface area (TPSA) is 93.7 Å². The zero-order chi connectivity index (χ0) is 17.5. The molecule has 0 fully saturated rings. The molecule has 0 aromatic heterocycles. The molecule has 0 saturated heterocycles. The summed E-state index contributed by atoms with van der Waals surface area (Å²) >= 11 is 0. The number of carbonyl (C=O) groups excluding carboxylic acids is 3. The van der Waals surface area contributed by atoms with Gasteiger partial charge < -0.3 is 9.47 Å². The number of nitrogens with one attached hydrogen (secondary N) is 2. The number of hydrogen-bond acceptors (Lipinski definition) is 5. The molecule has 126 valence electrons. The molecule has 7 nitrogen and oxygen atoms in total. The summed E-state index contributed by atoms with van der Waals surface area (Å²) in [6.45, 7) is 6.97. The van der Waals surface area contributed by atoms with Crippen LogP contribution in [0.3, 0.4) is 0 Å². The second-order valence-electron chi connectivity index (χ2n) is 5.79. The Hall–Kier alpha value is -2.57. The van der Waals surface area contributed by atoms with Crippen molar-refractivity contribution in [3.05, 3.63) is 29.8 Å². The molecule has 7 heteroatoms. The first-order valence-electron chi connectivity index (χ1n) is 7.23. The van der Waals surface area contributed by atoms with E-state index in [0.717, 1.165) is 0 Å². The summed E-state index contributed by atoms with van der Waals surface area (Å²) in [6.07, 6.45) is 0. The monoisotopic (exact) mass is 322 g/mol. The molecule has 0 atom stereocenters. The number of esters is 1. The number of benzene rings is 1. The zero-order valence-corrected chi connectivity index (χ0v) is 13.8. The Labute approximate surface area is 135 Å². The fourth-order valence-electron chi connectivity index (χ4n) is 1.40.